The summed E-state index contributed by atoms with van der Waals surface area (Å²) in [6.45, 7) is 4.58. The van der Waals surface area contributed by atoms with Gasteiger partial charge in [0, 0.05) is 39.1 Å². The van der Waals surface area contributed by atoms with Crippen LogP contribution in [0.25, 0.3) is 5.65 Å². The molecule has 0 N–H and O–H groups in total. The fraction of sp³-hybridized carbons (Fsp3) is 0.667. The number of fused-ring (bicyclic) bond motifs is 1. The first kappa shape index (κ1) is 18.4. The van der Waals surface area contributed by atoms with Gasteiger partial charge in [0.15, 0.2) is 5.82 Å². The number of nitrogens with zero attached hydrogens (tertiary/aromatic N) is 6. The number of amides is 1. The van der Waals surface area contributed by atoms with Gasteiger partial charge in [-0.1, -0.05) is 26.2 Å². The summed E-state index contributed by atoms with van der Waals surface area (Å²) in [5.74, 6) is 0.630. The second kappa shape index (κ2) is 8.33. The molecule has 0 atom stereocenters. The fourth-order valence-electron chi connectivity index (χ4n) is 3.31. The lowest BCUT2D eigenvalue weighted by Gasteiger charge is -2.21. The van der Waals surface area contributed by atoms with Crippen LogP contribution in [-0.2, 0) is 11.3 Å². The number of hydrogen-bond donors (Lipinski definition) is 0. The third-order valence-corrected chi connectivity index (χ3v) is 4.95. The van der Waals surface area contributed by atoms with Crippen molar-refractivity contribution in [2.75, 3.05) is 31.6 Å². The molecule has 2 aromatic heterocycles. The average Bonchev–Trinajstić information content (AvgIpc) is 2.83. The maximum absolute atomic E-state index is 12.6. The molecule has 1 aliphatic heterocycles. The summed E-state index contributed by atoms with van der Waals surface area (Å²) < 4.78 is 2.75. The normalized spacial score (nSPS) is 15.2. The average molecular weight is 360 g/mol. The zero-order valence-corrected chi connectivity index (χ0v) is 15.7. The number of rotatable bonds is 6. The molecule has 142 valence electrons. The zero-order chi connectivity index (χ0) is 18.5. The summed E-state index contributed by atoms with van der Waals surface area (Å²) >= 11 is 0. The first-order valence-corrected chi connectivity index (χ1v) is 9.55. The Labute approximate surface area is 153 Å². The molecule has 2 aromatic rings. The Hall–Kier alpha value is -2.38. The molecule has 8 nitrogen and oxygen atoms in total. The standard InChI is InChI=1S/C18H28N6O2/c1-3-4-10-21(2)15(25)14-24-18(26)23-13-9-19-16(17(23)20-24)22-11-7-5-6-8-12-22/h9,13H,3-8,10-12,14H2,1-2H3. The van der Waals surface area contributed by atoms with Gasteiger partial charge < -0.3 is 9.80 Å². The van der Waals surface area contributed by atoms with E-state index >= 15 is 0 Å². The third kappa shape index (κ3) is 3.89. The van der Waals surface area contributed by atoms with E-state index in [-0.39, 0.29) is 18.1 Å². The summed E-state index contributed by atoms with van der Waals surface area (Å²) in [7, 11) is 1.77. The van der Waals surface area contributed by atoms with Crippen molar-refractivity contribution in [3.63, 3.8) is 0 Å². The molecule has 26 heavy (non-hydrogen) atoms. The molecule has 1 fully saturated rings. The van der Waals surface area contributed by atoms with Crippen LogP contribution >= 0.6 is 0 Å². The molecule has 0 unspecified atom stereocenters. The molecule has 1 amide bonds. The molecule has 8 heteroatoms. The number of likely N-dealkylation sites (N-methyl/N-ethyl adjacent to an activating group) is 1. The second-order valence-electron chi connectivity index (χ2n) is 6.95. The Kier molecular flexibility index (Phi) is 5.90. The van der Waals surface area contributed by atoms with Crippen LogP contribution in [0.1, 0.15) is 45.4 Å². The zero-order valence-electron chi connectivity index (χ0n) is 15.7. The van der Waals surface area contributed by atoms with E-state index in [0.717, 1.165) is 44.6 Å². The largest absolute Gasteiger partial charge is 0.353 e. The van der Waals surface area contributed by atoms with Gasteiger partial charge in [0.1, 0.15) is 6.54 Å². The van der Waals surface area contributed by atoms with Crippen molar-refractivity contribution in [1.82, 2.24) is 24.1 Å². The van der Waals surface area contributed by atoms with Crippen LogP contribution in [-0.4, -0.2) is 56.7 Å². The van der Waals surface area contributed by atoms with E-state index < -0.39 is 0 Å². The molecule has 0 saturated carbocycles. The highest BCUT2D eigenvalue weighted by atomic mass is 16.2. The van der Waals surface area contributed by atoms with Gasteiger partial charge in [-0.25, -0.2) is 18.9 Å². The number of hydrogen-bond acceptors (Lipinski definition) is 5. The van der Waals surface area contributed by atoms with Gasteiger partial charge in [0.25, 0.3) is 0 Å². The lowest BCUT2D eigenvalue weighted by Crippen LogP contribution is -2.34. The Morgan fingerprint density at radius 2 is 1.96 bits per heavy atom. The molecular weight excluding hydrogens is 332 g/mol. The van der Waals surface area contributed by atoms with Crippen LogP contribution in [0.3, 0.4) is 0 Å². The molecule has 3 heterocycles. The highest BCUT2D eigenvalue weighted by molar-refractivity contribution is 5.75. The molecule has 0 aliphatic carbocycles. The van der Waals surface area contributed by atoms with E-state index in [1.807, 2.05) is 0 Å². The highest BCUT2D eigenvalue weighted by Crippen LogP contribution is 2.20. The van der Waals surface area contributed by atoms with Gasteiger partial charge in [0.05, 0.1) is 0 Å². The SMILES string of the molecule is CCCCN(C)C(=O)Cn1nc2c(N3CCCCCC3)nccn2c1=O. The number of anilines is 1. The maximum atomic E-state index is 12.6. The smallest absolute Gasteiger partial charge is 0.350 e. The van der Waals surface area contributed by atoms with E-state index in [2.05, 4.69) is 21.9 Å². The van der Waals surface area contributed by atoms with Crippen molar-refractivity contribution in [2.24, 2.45) is 0 Å². The first-order valence-electron chi connectivity index (χ1n) is 9.55. The maximum Gasteiger partial charge on any atom is 0.350 e. The molecule has 1 saturated heterocycles. The molecule has 3 rings (SSSR count). The van der Waals surface area contributed by atoms with Gasteiger partial charge in [0.2, 0.25) is 11.6 Å². The van der Waals surface area contributed by atoms with Gasteiger partial charge in [-0.2, -0.15) is 0 Å². The van der Waals surface area contributed by atoms with E-state index in [4.69, 9.17) is 0 Å². The van der Waals surface area contributed by atoms with Gasteiger partial charge in [-0.3, -0.25) is 4.79 Å². The predicted octanol–water partition coefficient (Wildman–Crippen LogP) is 1.53. The van der Waals surface area contributed by atoms with Gasteiger partial charge >= 0.3 is 5.69 Å². The molecule has 0 spiro atoms. The summed E-state index contributed by atoms with van der Waals surface area (Å²) in [6.07, 6.45) is 9.91. The van der Waals surface area contributed by atoms with Gasteiger partial charge in [-0.05, 0) is 19.3 Å². The molecule has 0 bridgehead atoms. The van der Waals surface area contributed by atoms with Crippen molar-refractivity contribution >= 4 is 17.4 Å². The van der Waals surface area contributed by atoms with Crippen LogP contribution in [0.2, 0.25) is 0 Å². The van der Waals surface area contributed by atoms with E-state index in [0.29, 0.717) is 12.2 Å². The minimum absolute atomic E-state index is 0.0415. The molecule has 1 aliphatic rings. The van der Waals surface area contributed by atoms with Crippen LogP contribution in [0, 0.1) is 0 Å². The van der Waals surface area contributed by atoms with Crippen LogP contribution in [0.4, 0.5) is 5.82 Å². The minimum atomic E-state index is -0.296. The summed E-state index contributed by atoms with van der Waals surface area (Å²) in [4.78, 5) is 33.4. The minimum Gasteiger partial charge on any atom is -0.353 e. The number of aromatic nitrogens is 4. The summed E-state index contributed by atoms with van der Waals surface area (Å²) in [5.41, 5.74) is 0.235. The van der Waals surface area contributed by atoms with E-state index in [1.54, 1.807) is 24.3 Å². The molecule has 0 aromatic carbocycles. The van der Waals surface area contributed by atoms with Crippen molar-refractivity contribution in [3.05, 3.63) is 22.9 Å². The quantitative estimate of drug-likeness (QED) is 0.781. The van der Waals surface area contributed by atoms with Crippen molar-refractivity contribution in [2.45, 2.75) is 52.0 Å². The fourth-order valence-corrected chi connectivity index (χ4v) is 3.31. The Morgan fingerprint density at radius 3 is 2.65 bits per heavy atom. The predicted molar refractivity (Wildman–Crippen MR) is 100 cm³/mol. The first-order chi connectivity index (χ1) is 12.6. The topological polar surface area (TPSA) is 75.7 Å². The van der Waals surface area contributed by atoms with E-state index in [9.17, 15) is 9.59 Å². The van der Waals surface area contributed by atoms with Crippen molar-refractivity contribution in [1.29, 1.82) is 0 Å². The third-order valence-electron chi connectivity index (χ3n) is 4.95. The lowest BCUT2D eigenvalue weighted by molar-refractivity contribution is -0.130. The van der Waals surface area contributed by atoms with Crippen LogP contribution in [0.5, 0.6) is 0 Å². The Morgan fingerprint density at radius 1 is 1.23 bits per heavy atom. The number of carbonyl (C=O) groups is 1. The molecular formula is C18H28N6O2. The van der Waals surface area contributed by atoms with E-state index in [1.165, 1.54) is 21.9 Å². The highest BCUT2D eigenvalue weighted by Gasteiger charge is 2.20. The second-order valence-corrected chi connectivity index (χ2v) is 6.95. The number of carbonyl (C=O) groups excluding carboxylic acids is 1. The van der Waals surface area contributed by atoms with Crippen molar-refractivity contribution < 1.29 is 4.79 Å². The lowest BCUT2D eigenvalue weighted by atomic mass is 10.2. The van der Waals surface area contributed by atoms with Crippen LogP contribution in [0.15, 0.2) is 17.2 Å². The van der Waals surface area contributed by atoms with Crippen LogP contribution < -0.4 is 10.6 Å². The van der Waals surface area contributed by atoms with Crippen molar-refractivity contribution in [3.8, 4) is 0 Å². The Balaban J connectivity index is 1.86. The van der Waals surface area contributed by atoms with Gasteiger partial charge in [-0.15, -0.1) is 5.10 Å². The summed E-state index contributed by atoms with van der Waals surface area (Å²) in [6, 6.07) is 0. The molecule has 0 radical (unpaired) electrons. The number of unbranched alkanes of at least 4 members (excludes halogenated alkanes) is 1. The Bertz CT molecular complexity index is 804. The monoisotopic (exact) mass is 360 g/mol. The summed E-state index contributed by atoms with van der Waals surface area (Å²) in [5, 5.41) is 4.44.